The van der Waals surface area contributed by atoms with E-state index < -0.39 is 5.25 Å². The molecule has 5 heterocycles. The molecule has 4 saturated heterocycles. The van der Waals surface area contributed by atoms with Crippen LogP contribution in [0.15, 0.2) is 48.5 Å². The largest absolute Gasteiger partial charge is 0.371 e. The third-order valence-corrected chi connectivity index (χ3v) is 13.4. The summed E-state index contributed by atoms with van der Waals surface area (Å²) in [4.78, 5) is 52.4. The van der Waals surface area contributed by atoms with Crippen LogP contribution in [0.5, 0.6) is 0 Å². The number of thioether (sulfide) groups is 1. The van der Waals surface area contributed by atoms with Gasteiger partial charge in [0, 0.05) is 74.7 Å². The van der Waals surface area contributed by atoms with Crippen molar-refractivity contribution in [2.75, 3.05) is 62.6 Å². The number of carbonyl (C=O) groups is 3. The van der Waals surface area contributed by atoms with Crippen LogP contribution in [-0.2, 0) is 16.0 Å². The van der Waals surface area contributed by atoms with Crippen molar-refractivity contribution in [2.45, 2.75) is 108 Å². The lowest BCUT2D eigenvalue weighted by atomic mass is 9.92. The van der Waals surface area contributed by atoms with Gasteiger partial charge in [-0.2, -0.15) is 0 Å². The fourth-order valence-corrected chi connectivity index (χ4v) is 10.3. The predicted molar refractivity (Wildman–Crippen MR) is 207 cm³/mol. The molecule has 2 unspecified atom stereocenters. The van der Waals surface area contributed by atoms with Gasteiger partial charge in [-0.3, -0.25) is 9.59 Å². The van der Waals surface area contributed by atoms with Crippen LogP contribution in [0.4, 0.5) is 16.2 Å². The highest BCUT2D eigenvalue weighted by atomic mass is 32.2. The van der Waals surface area contributed by atoms with Crippen LogP contribution >= 0.6 is 11.8 Å². The Balaban J connectivity index is 0.996. The fraction of sp³-hybridized carbons (Fsp3) is 0.634. The summed E-state index contributed by atoms with van der Waals surface area (Å²) in [5.41, 5.74) is 4.60. The second-order valence-electron chi connectivity index (χ2n) is 16.5. The van der Waals surface area contributed by atoms with Crippen molar-refractivity contribution in [2.24, 2.45) is 5.41 Å². The maximum Gasteiger partial charge on any atom is 0.322 e. The van der Waals surface area contributed by atoms with E-state index in [0.29, 0.717) is 32.2 Å². The highest BCUT2D eigenvalue weighted by molar-refractivity contribution is 8.01. The number of nitrogens with one attached hydrogen (secondary N) is 1. The number of para-hydroxylation sites is 2. The van der Waals surface area contributed by atoms with Crippen molar-refractivity contribution in [1.82, 2.24) is 19.6 Å². The smallest absolute Gasteiger partial charge is 0.322 e. The Morgan fingerprint density at radius 1 is 0.824 bits per heavy atom. The van der Waals surface area contributed by atoms with E-state index in [0.717, 1.165) is 50.0 Å². The van der Waals surface area contributed by atoms with Gasteiger partial charge in [-0.15, -0.1) is 11.8 Å². The second-order valence-corrected chi connectivity index (χ2v) is 17.8. The molecule has 51 heavy (non-hydrogen) atoms. The number of nitrogens with zero attached hydrogens (tertiary/aromatic N) is 5. The third-order valence-electron chi connectivity index (χ3n) is 11.9. The SMILES string of the molecule is CC(C)(C)CCN1C(=O)C(CC(=O)N2CCC(N3CCc4ccccc4NC3=O)CC2)SC1c1ccccc1N1CCC(N2CCCCC2)CC1. The number of urea groups is 1. The lowest BCUT2D eigenvalue weighted by Crippen LogP contribution is -2.50. The number of hydrogen-bond acceptors (Lipinski definition) is 6. The number of amides is 4. The first-order chi connectivity index (χ1) is 24.6. The Kier molecular flexibility index (Phi) is 11.2. The van der Waals surface area contributed by atoms with Crippen molar-refractivity contribution in [3.63, 3.8) is 0 Å². The van der Waals surface area contributed by atoms with Crippen molar-refractivity contribution >= 4 is 41.0 Å². The molecular weight excluding hydrogens is 657 g/mol. The first-order valence-electron chi connectivity index (χ1n) is 19.6. The quantitative estimate of drug-likeness (QED) is 0.318. The molecule has 0 bridgehead atoms. The van der Waals surface area contributed by atoms with Gasteiger partial charge in [-0.05, 0) is 87.6 Å². The van der Waals surface area contributed by atoms with Gasteiger partial charge >= 0.3 is 6.03 Å². The standard InChI is InChI=1S/C41H58N6O3S/c1-41(2,3)20-28-47-38(49)36(29-37(48)45-25-18-32(19-26-45)46-27-15-30-11-5-7-13-34(30)42-40(46)50)51-39(47)33-12-6-8-14-35(33)44-23-16-31(17-24-44)43-21-9-4-10-22-43/h5-8,11-14,31-32,36,39H,4,9-10,15-29H2,1-3H3,(H,42,50). The molecular formula is C41H58N6O3S. The summed E-state index contributed by atoms with van der Waals surface area (Å²) < 4.78 is 0. The molecule has 10 heteroatoms. The summed E-state index contributed by atoms with van der Waals surface area (Å²) in [6.45, 7) is 13.8. The fourth-order valence-electron chi connectivity index (χ4n) is 8.84. The molecule has 4 amide bonds. The molecule has 2 aromatic rings. The summed E-state index contributed by atoms with van der Waals surface area (Å²) >= 11 is 1.68. The van der Waals surface area contributed by atoms with E-state index in [1.54, 1.807) is 11.8 Å². The molecule has 4 fully saturated rings. The zero-order valence-electron chi connectivity index (χ0n) is 31.0. The molecule has 5 aliphatic rings. The maximum atomic E-state index is 14.2. The van der Waals surface area contributed by atoms with E-state index in [2.05, 4.69) is 71.1 Å². The van der Waals surface area contributed by atoms with Gasteiger partial charge in [0.1, 0.15) is 5.37 Å². The summed E-state index contributed by atoms with van der Waals surface area (Å²) in [6.07, 6.45) is 9.85. The van der Waals surface area contributed by atoms with Gasteiger partial charge in [-0.25, -0.2) is 4.79 Å². The van der Waals surface area contributed by atoms with E-state index >= 15 is 0 Å². The van der Waals surface area contributed by atoms with E-state index in [1.807, 2.05) is 28.0 Å². The van der Waals surface area contributed by atoms with Crippen LogP contribution < -0.4 is 10.2 Å². The van der Waals surface area contributed by atoms with E-state index in [4.69, 9.17) is 0 Å². The Morgan fingerprint density at radius 3 is 2.25 bits per heavy atom. The van der Waals surface area contributed by atoms with Crippen molar-refractivity contribution in [1.29, 1.82) is 0 Å². The first-order valence-corrected chi connectivity index (χ1v) is 20.6. The number of piperidine rings is 3. The number of likely N-dealkylation sites (tertiary alicyclic amines) is 2. The number of carbonyl (C=O) groups excluding carboxylic acids is 3. The summed E-state index contributed by atoms with van der Waals surface area (Å²) in [5, 5.41) is 2.59. The highest BCUT2D eigenvalue weighted by Gasteiger charge is 2.44. The van der Waals surface area contributed by atoms with E-state index in [1.165, 1.54) is 56.4 Å². The number of benzene rings is 2. The van der Waals surface area contributed by atoms with Crippen LogP contribution in [0.1, 0.15) is 95.1 Å². The molecule has 0 aliphatic carbocycles. The molecule has 0 spiro atoms. The zero-order chi connectivity index (χ0) is 35.5. The average molecular weight is 715 g/mol. The zero-order valence-corrected chi connectivity index (χ0v) is 31.8. The average Bonchev–Trinajstić information content (AvgIpc) is 3.34. The van der Waals surface area contributed by atoms with Crippen LogP contribution in [0.3, 0.4) is 0 Å². The normalized spacial score (nSPS) is 24.5. The Labute approximate surface area is 309 Å². The summed E-state index contributed by atoms with van der Waals surface area (Å²) in [6, 6.07) is 17.4. The van der Waals surface area contributed by atoms with Crippen LogP contribution in [0, 0.1) is 5.41 Å². The van der Waals surface area contributed by atoms with Gasteiger partial charge in [0.2, 0.25) is 11.8 Å². The first kappa shape index (κ1) is 36.1. The van der Waals surface area contributed by atoms with Crippen molar-refractivity contribution in [3.8, 4) is 0 Å². The van der Waals surface area contributed by atoms with Gasteiger partial charge in [-0.1, -0.05) is 63.6 Å². The molecule has 276 valence electrons. The van der Waals surface area contributed by atoms with Gasteiger partial charge in [0.25, 0.3) is 0 Å². The minimum absolute atomic E-state index is 0.0503. The number of rotatable bonds is 8. The number of anilines is 2. The molecule has 0 saturated carbocycles. The lowest BCUT2D eigenvalue weighted by molar-refractivity contribution is -0.137. The second kappa shape index (κ2) is 15.8. The molecule has 7 rings (SSSR count). The van der Waals surface area contributed by atoms with Crippen LogP contribution in [0.25, 0.3) is 0 Å². The molecule has 2 aromatic carbocycles. The van der Waals surface area contributed by atoms with E-state index in [-0.39, 0.29) is 41.1 Å². The van der Waals surface area contributed by atoms with Crippen molar-refractivity contribution in [3.05, 3.63) is 59.7 Å². The van der Waals surface area contributed by atoms with Gasteiger partial charge in [0.15, 0.2) is 0 Å². The van der Waals surface area contributed by atoms with E-state index in [9.17, 15) is 14.4 Å². The minimum atomic E-state index is -0.395. The molecule has 1 N–H and O–H groups in total. The van der Waals surface area contributed by atoms with Crippen LogP contribution in [-0.4, -0.2) is 107 Å². The minimum Gasteiger partial charge on any atom is -0.371 e. The molecule has 2 atom stereocenters. The predicted octanol–water partition coefficient (Wildman–Crippen LogP) is 6.99. The topological polar surface area (TPSA) is 79.4 Å². The molecule has 0 aromatic heterocycles. The Morgan fingerprint density at radius 2 is 1.51 bits per heavy atom. The van der Waals surface area contributed by atoms with Crippen molar-refractivity contribution < 1.29 is 14.4 Å². The third kappa shape index (κ3) is 8.38. The number of fused-ring (bicyclic) bond motifs is 1. The molecule has 0 radical (unpaired) electrons. The van der Waals surface area contributed by atoms with Crippen LogP contribution in [0.2, 0.25) is 0 Å². The number of hydrogen-bond donors (Lipinski definition) is 1. The summed E-state index contributed by atoms with van der Waals surface area (Å²) in [5.74, 6) is 0.147. The Hall–Kier alpha value is -3.24. The van der Waals surface area contributed by atoms with Gasteiger partial charge in [0.05, 0.1) is 5.25 Å². The highest BCUT2D eigenvalue weighted by Crippen LogP contribution is 2.48. The Bertz CT molecular complexity index is 1540. The summed E-state index contributed by atoms with van der Waals surface area (Å²) in [7, 11) is 0. The maximum absolute atomic E-state index is 14.2. The molecule has 9 nitrogen and oxygen atoms in total. The monoisotopic (exact) mass is 714 g/mol. The van der Waals surface area contributed by atoms with Gasteiger partial charge < -0.3 is 29.8 Å². The lowest BCUT2D eigenvalue weighted by Gasteiger charge is -2.42. The molecule has 5 aliphatic heterocycles.